The van der Waals surface area contributed by atoms with Gasteiger partial charge in [-0.05, 0) is 19.9 Å². The van der Waals surface area contributed by atoms with Crippen molar-refractivity contribution in [2.24, 2.45) is 4.99 Å². The molecule has 2 aromatic rings. The number of aliphatic imine (C=N–C) groups is 1. The van der Waals surface area contributed by atoms with Crippen LogP contribution in [0.5, 0.6) is 5.88 Å². The van der Waals surface area contributed by atoms with Gasteiger partial charge in [0.05, 0.1) is 30.4 Å². The van der Waals surface area contributed by atoms with E-state index in [0.29, 0.717) is 19.0 Å². The Morgan fingerprint density at radius 3 is 2.93 bits per heavy atom. The lowest BCUT2D eigenvalue weighted by Crippen LogP contribution is -2.32. The fourth-order valence-electron chi connectivity index (χ4n) is 3.41. The summed E-state index contributed by atoms with van der Waals surface area (Å²) in [4.78, 5) is 10.9. The van der Waals surface area contributed by atoms with Crippen LogP contribution in [0, 0.1) is 0 Å². The van der Waals surface area contributed by atoms with Crippen molar-refractivity contribution in [3.05, 3.63) is 29.9 Å². The molecule has 4 heterocycles. The first-order chi connectivity index (χ1) is 13.0. The summed E-state index contributed by atoms with van der Waals surface area (Å²) in [7, 11) is 1.62. The lowest BCUT2D eigenvalue weighted by Gasteiger charge is -2.25. The topological polar surface area (TPSA) is 108 Å². The minimum Gasteiger partial charge on any atom is -0.475 e. The number of aliphatic hydroxyl groups is 1. The Balaban J connectivity index is 1.62. The summed E-state index contributed by atoms with van der Waals surface area (Å²) in [6, 6.07) is 1.67. The van der Waals surface area contributed by atoms with E-state index in [9.17, 15) is 5.11 Å². The molecule has 0 radical (unpaired) electrons. The molecule has 3 N–H and O–H groups in total. The zero-order chi connectivity index (χ0) is 19.0. The Kier molecular flexibility index (Phi) is 4.71. The van der Waals surface area contributed by atoms with Gasteiger partial charge in [0.15, 0.2) is 0 Å². The molecule has 4 rings (SSSR count). The Hall–Kier alpha value is -2.65. The molecular formula is C18H24N6O3. The van der Waals surface area contributed by atoms with Gasteiger partial charge in [0.1, 0.15) is 23.5 Å². The second-order valence-electron chi connectivity index (χ2n) is 7.01. The fraction of sp³-hybridized carbons (Fsp3) is 0.500. The van der Waals surface area contributed by atoms with Gasteiger partial charge in [0.25, 0.3) is 0 Å². The molecule has 144 valence electrons. The SMILES string of the molecule is CO[C@H]1CN(C2=CC(c3[nH]nc4cnc(OC(C)C)cc34)N=CN2)C[C@@H]1O. The molecule has 3 atom stereocenters. The van der Waals surface area contributed by atoms with E-state index in [-0.39, 0.29) is 18.2 Å². The number of aromatic nitrogens is 3. The lowest BCUT2D eigenvalue weighted by molar-refractivity contribution is 0.0215. The highest BCUT2D eigenvalue weighted by molar-refractivity contribution is 5.82. The summed E-state index contributed by atoms with van der Waals surface area (Å²) >= 11 is 0. The van der Waals surface area contributed by atoms with Gasteiger partial charge in [-0.2, -0.15) is 5.10 Å². The summed E-state index contributed by atoms with van der Waals surface area (Å²) in [5, 5.41) is 21.6. The van der Waals surface area contributed by atoms with Gasteiger partial charge in [-0.1, -0.05) is 0 Å². The monoisotopic (exact) mass is 372 g/mol. The van der Waals surface area contributed by atoms with E-state index in [1.54, 1.807) is 19.6 Å². The van der Waals surface area contributed by atoms with Crippen LogP contribution in [0.2, 0.25) is 0 Å². The summed E-state index contributed by atoms with van der Waals surface area (Å²) < 4.78 is 11.0. The Morgan fingerprint density at radius 2 is 2.19 bits per heavy atom. The van der Waals surface area contributed by atoms with Crippen molar-refractivity contribution in [2.45, 2.75) is 38.2 Å². The molecule has 0 aliphatic carbocycles. The van der Waals surface area contributed by atoms with Crippen LogP contribution < -0.4 is 10.1 Å². The number of β-amino-alcohol motifs (C(OH)–C–C–N with tert-alkyl or cyclic N) is 1. The van der Waals surface area contributed by atoms with Crippen molar-refractivity contribution in [1.29, 1.82) is 0 Å². The number of ether oxygens (including phenoxy) is 2. The van der Waals surface area contributed by atoms with E-state index in [4.69, 9.17) is 9.47 Å². The zero-order valence-electron chi connectivity index (χ0n) is 15.6. The van der Waals surface area contributed by atoms with Gasteiger partial charge in [-0.3, -0.25) is 10.1 Å². The van der Waals surface area contributed by atoms with Gasteiger partial charge in [-0.25, -0.2) is 4.98 Å². The van der Waals surface area contributed by atoms with E-state index in [1.165, 1.54) is 0 Å². The Labute approximate surface area is 157 Å². The molecule has 0 saturated carbocycles. The molecule has 1 unspecified atom stereocenters. The van der Waals surface area contributed by atoms with E-state index in [1.807, 2.05) is 26.0 Å². The van der Waals surface area contributed by atoms with Crippen LogP contribution in [0.15, 0.2) is 29.2 Å². The number of aromatic amines is 1. The largest absolute Gasteiger partial charge is 0.475 e. The molecule has 0 spiro atoms. The van der Waals surface area contributed by atoms with Crippen molar-refractivity contribution in [3.8, 4) is 5.88 Å². The molecule has 9 heteroatoms. The third kappa shape index (κ3) is 3.47. The molecule has 2 aromatic heterocycles. The first-order valence-corrected chi connectivity index (χ1v) is 9.01. The van der Waals surface area contributed by atoms with Crippen LogP contribution >= 0.6 is 0 Å². The standard InChI is InChI=1S/C18H24N6O3/c1-10(2)27-17-4-11-13(6-19-17)22-23-18(11)12-5-16(21-9-20-12)24-7-14(25)15(8-24)26-3/h4-6,9-10,12,14-15,25H,7-8H2,1-3H3,(H,20,21)(H,22,23)/t12?,14-,15-/m0/s1. The maximum Gasteiger partial charge on any atom is 0.214 e. The number of nitrogens with one attached hydrogen (secondary N) is 2. The second kappa shape index (κ2) is 7.16. The molecule has 0 aromatic carbocycles. The van der Waals surface area contributed by atoms with E-state index < -0.39 is 6.10 Å². The number of methoxy groups -OCH3 is 1. The summed E-state index contributed by atoms with van der Waals surface area (Å²) in [5.74, 6) is 1.46. The molecule has 2 aliphatic heterocycles. The number of nitrogens with zero attached hydrogens (tertiary/aromatic N) is 4. The van der Waals surface area contributed by atoms with Gasteiger partial charge in [0, 0.05) is 31.7 Å². The minimum atomic E-state index is -0.509. The number of likely N-dealkylation sites (tertiary alicyclic amines) is 1. The average Bonchev–Trinajstić information content (AvgIpc) is 3.24. The van der Waals surface area contributed by atoms with Crippen LogP contribution in [-0.4, -0.2) is 70.0 Å². The first-order valence-electron chi connectivity index (χ1n) is 9.01. The third-order valence-corrected chi connectivity index (χ3v) is 4.74. The van der Waals surface area contributed by atoms with Gasteiger partial charge in [-0.15, -0.1) is 0 Å². The highest BCUT2D eigenvalue weighted by Crippen LogP contribution is 2.30. The van der Waals surface area contributed by atoms with Crippen molar-refractivity contribution in [1.82, 2.24) is 25.4 Å². The van der Waals surface area contributed by atoms with Crippen LogP contribution in [-0.2, 0) is 4.74 Å². The number of aliphatic hydroxyl groups excluding tert-OH is 1. The number of rotatable bonds is 5. The molecule has 1 saturated heterocycles. The number of fused-ring (bicyclic) bond motifs is 1. The smallest absolute Gasteiger partial charge is 0.214 e. The maximum atomic E-state index is 10.1. The second-order valence-corrected chi connectivity index (χ2v) is 7.01. The predicted octanol–water partition coefficient (Wildman–Crippen LogP) is 0.951. The molecule has 0 bridgehead atoms. The highest BCUT2D eigenvalue weighted by atomic mass is 16.5. The molecule has 9 nitrogen and oxygen atoms in total. The molecule has 0 amide bonds. The average molecular weight is 372 g/mol. The minimum absolute atomic E-state index is 0.0454. The fourth-order valence-corrected chi connectivity index (χ4v) is 3.41. The molecule has 2 aliphatic rings. The lowest BCUT2D eigenvalue weighted by atomic mass is 10.1. The Morgan fingerprint density at radius 1 is 1.33 bits per heavy atom. The normalized spacial score (nSPS) is 25.1. The van der Waals surface area contributed by atoms with Crippen LogP contribution in [0.4, 0.5) is 0 Å². The maximum absolute atomic E-state index is 10.1. The molecule has 1 fully saturated rings. The van der Waals surface area contributed by atoms with E-state index in [2.05, 4.69) is 30.4 Å². The highest BCUT2D eigenvalue weighted by Gasteiger charge is 2.33. The van der Waals surface area contributed by atoms with E-state index >= 15 is 0 Å². The third-order valence-electron chi connectivity index (χ3n) is 4.74. The summed E-state index contributed by atoms with van der Waals surface area (Å²) in [6.45, 7) is 5.06. The number of hydrogen-bond donors (Lipinski definition) is 3. The first kappa shape index (κ1) is 17.7. The van der Waals surface area contributed by atoms with Gasteiger partial charge in [0.2, 0.25) is 5.88 Å². The zero-order valence-corrected chi connectivity index (χ0v) is 15.6. The number of H-pyrrole nitrogens is 1. The van der Waals surface area contributed by atoms with Crippen LogP contribution in [0.1, 0.15) is 25.6 Å². The summed E-state index contributed by atoms with van der Waals surface area (Å²) in [6.07, 6.45) is 4.73. The van der Waals surface area contributed by atoms with Gasteiger partial charge >= 0.3 is 0 Å². The van der Waals surface area contributed by atoms with Crippen molar-refractivity contribution in [2.75, 3.05) is 20.2 Å². The number of pyridine rings is 1. The Bertz CT molecular complexity index is 877. The van der Waals surface area contributed by atoms with Crippen LogP contribution in [0.25, 0.3) is 10.9 Å². The van der Waals surface area contributed by atoms with Gasteiger partial charge < -0.3 is 24.8 Å². The predicted molar refractivity (Wildman–Crippen MR) is 100 cm³/mol. The molecular weight excluding hydrogens is 348 g/mol. The van der Waals surface area contributed by atoms with Crippen molar-refractivity contribution < 1.29 is 14.6 Å². The summed E-state index contributed by atoms with van der Waals surface area (Å²) in [5.41, 5.74) is 1.64. The van der Waals surface area contributed by atoms with Crippen molar-refractivity contribution >= 4 is 17.2 Å². The van der Waals surface area contributed by atoms with E-state index in [0.717, 1.165) is 22.4 Å². The van der Waals surface area contributed by atoms with Crippen molar-refractivity contribution in [3.63, 3.8) is 0 Å². The number of hydrogen-bond acceptors (Lipinski definition) is 8. The quantitative estimate of drug-likeness (QED) is 0.717. The molecule has 27 heavy (non-hydrogen) atoms. The van der Waals surface area contributed by atoms with Crippen LogP contribution in [0.3, 0.4) is 0 Å².